The van der Waals surface area contributed by atoms with Crippen molar-refractivity contribution in [3.8, 4) is 0 Å². The molecule has 1 unspecified atom stereocenters. The van der Waals surface area contributed by atoms with Gasteiger partial charge in [0.25, 0.3) is 5.91 Å². The van der Waals surface area contributed by atoms with Crippen LogP contribution in [0.15, 0.2) is 16.5 Å². The van der Waals surface area contributed by atoms with E-state index < -0.39 is 40.4 Å². The molecule has 0 saturated heterocycles. The molecule has 10 nitrogen and oxygen atoms in total. The minimum absolute atomic E-state index is 0.195. The highest BCUT2D eigenvalue weighted by molar-refractivity contribution is 5.94. The van der Waals surface area contributed by atoms with Crippen LogP contribution in [0.4, 0.5) is 5.88 Å². The first-order valence-electron chi connectivity index (χ1n) is 5.37. The number of amides is 2. The molecular formula is C10H11N3O7. The second kappa shape index (κ2) is 6.31. The molecule has 0 bridgehead atoms. The lowest BCUT2D eigenvalue weighted by molar-refractivity contribution is -0.402. The van der Waals surface area contributed by atoms with Crippen molar-refractivity contribution in [3.63, 3.8) is 0 Å². The highest BCUT2D eigenvalue weighted by Gasteiger charge is 2.24. The first-order valence-corrected chi connectivity index (χ1v) is 5.37. The molecule has 4 N–H and O–H groups in total. The SMILES string of the molecule is NC(=O)CCC(NC(=O)c1ccc([N+](=O)[O-])o1)C(=O)O. The molecule has 0 aliphatic heterocycles. The molecule has 108 valence electrons. The second-order valence-electron chi connectivity index (χ2n) is 3.76. The lowest BCUT2D eigenvalue weighted by atomic mass is 10.1. The summed E-state index contributed by atoms with van der Waals surface area (Å²) in [4.78, 5) is 42.6. The first kappa shape index (κ1) is 15.1. The van der Waals surface area contributed by atoms with E-state index in [0.717, 1.165) is 12.1 Å². The number of nitrogens with one attached hydrogen (secondary N) is 1. The van der Waals surface area contributed by atoms with Crippen molar-refractivity contribution < 1.29 is 28.8 Å². The standard InChI is InChI=1S/C10H11N3O7/c11-7(14)3-1-5(10(16)17)12-9(15)6-2-4-8(20-6)13(18)19/h2,4-5H,1,3H2,(H2,11,14)(H,12,15)(H,16,17). The molecule has 1 aromatic rings. The van der Waals surface area contributed by atoms with Crippen LogP contribution in [0.2, 0.25) is 0 Å². The van der Waals surface area contributed by atoms with Crippen molar-refractivity contribution in [1.82, 2.24) is 5.32 Å². The van der Waals surface area contributed by atoms with E-state index in [-0.39, 0.29) is 12.8 Å². The normalized spacial score (nSPS) is 11.6. The van der Waals surface area contributed by atoms with Crippen molar-refractivity contribution in [2.45, 2.75) is 18.9 Å². The van der Waals surface area contributed by atoms with E-state index in [2.05, 4.69) is 9.73 Å². The van der Waals surface area contributed by atoms with Gasteiger partial charge in [0.05, 0.1) is 6.07 Å². The van der Waals surface area contributed by atoms with Crippen LogP contribution in [0.5, 0.6) is 0 Å². The molecule has 0 aliphatic rings. The summed E-state index contributed by atoms with van der Waals surface area (Å²) in [5, 5.41) is 21.3. The van der Waals surface area contributed by atoms with E-state index in [0.29, 0.717) is 0 Å². The Bertz CT molecular complexity index is 551. The molecule has 0 aliphatic carbocycles. The molecule has 0 saturated carbocycles. The van der Waals surface area contributed by atoms with Crippen LogP contribution in [0, 0.1) is 10.1 Å². The fourth-order valence-electron chi connectivity index (χ4n) is 1.32. The number of furan rings is 1. The average Bonchev–Trinajstić information content (AvgIpc) is 2.83. The monoisotopic (exact) mass is 285 g/mol. The van der Waals surface area contributed by atoms with Crippen LogP contribution in [0.1, 0.15) is 23.4 Å². The van der Waals surface area contributed by atoms with Gasteiger partial charge in [0.2, 0.25) is 5.91 Å². The molecule has 2 amide bonds. The molecule has 0 fully saturated rings. The summed E-state index contributed by atoms with van der Waals surface area (Å²) in [6.45, 7) is 0. The molecule has 20 heavy (non-hydrogen) atoms. The van der Waals surface area contributed by atoms with E-state index in [1.165, 1.54) is 0 Å². The number of carboxylic acids is 1. The zero-order valence-corrected chi connectivity index (χ0v) is 10.1. The van der Waals surface area contributed by atoms with Crippen molar-refractivity contribution >= 4 is 23.7 Å². The van der Waals surface area contributed by atoms with E-state index >= 15 is 0 Å². The molecule has 0 spiro atoms. The van der Waals surface area contributed by atoms with Gasteiger partial charge in [0, 0.05) is 6.42 Å². The summed E-state index contributed by atoms with van der Waals surface area (Å²) in [7, 11) is 0. The summed E-state index contributed by atoms with van der Waals surface area (Å²) in [6.07, 6.45) is -0.422. The summed E-state index contributed by atoms with van der Waals surface area (Å²) >= 11 is 0. The van der Waals surface area contributed by atoms with E-state index in [9.17, 15) is 24.5 Å². The van der Waals surface area contributed by atoms with Gasteiger partial charge in [-0.1, -0.05) is 0 Å². The molecular weight excluding hydrogens is 274 g/mol. The zero-order chi connectivity index (χ0) is 15.3. The predicted molar refractivity (Wildman–Crippen MR) is 62.7 cm³/mol. The van der Waals surface area contributed by atoms with Crippen LogP contribution >= 0.6 is 0 Å². The number of carboxylic acid groups (broad SMARTS) is 1. The Kier molecular flexibility index (Phi) is 4.78. The summed E-state index contributed by atoms with van der Waals surface area (Å²) in [6, 6.07) is 0.660. The number of carbonyl (C=O) groups is 3. The van der Waals surface area contributed by atoms with Gasteiger partial charge in [0.15, 0.2) is 5.76 Å². The van der Waals surface area contributed by atoms with Crippen LogP contribution < -0.4 is 11.1 Å². The Balaban J connectivity index is 2.72. The maximum absolute atomic E-state index is 11.6. The summed E-state index contributed by atoms with van der Waals surface area (Å²) < 4.78 is 4.62. The first-order chi connectivity index (χ1) is 9.31. The van der Waals surface area contributed by atoms with Crippen LogP contribution in [0.25, 0.3) is 0 Å². The fourth-order valence-corrected chi connectivity index (χ4v) is 1.32. The molecule has 1 heterocycles. The molecule has 0 aromatic carbocycles. The Labute approximate surface area is 111 Å². The minimum Gasteiger partial charge on any atom is -0.480 e. The third kappa shape index (κ3) is 4.08. The highest BCUT2D eigenvalue weighted by Crippen LogP contribution is 2.15. The number of nitro groups is 1. The number of hydrogen-bond donors (Lipinski definition) is 3. The molecule has 1 atom stereocenters. The fraction of sp³-hybridized carbons (Fsp3) is 0.300. The molecule has 1 rings (SSSR count). The highest BCUT2D eigenvalue weighted by atomic mass is 16.6. The van der Waals surface area contributed by atoms with Gasteiger partial charge >= 0.3 is 11.9 Å². The van der Waals surface area contributed by atoms with Gasteiger partial charge in [-0.2, -0.15) is 0 Å². The Morgan fingerprint density at radius 2 is 2.10 bits per heavy atom. The minimum atomic E-state index is -1.36. The maximum Gasteiger partial charge on any atom is 0.433 e. The molecule has 0 radical (unpaired) electrons. The van der Waals surface area contributed by atoms with Crippen molar-refractivity contribution in [2.24, 2.45) is 5.73 Å². The summed E-state index contributed by atoms with van der Waals surface area (Å²) in [5.74, 6) is -4.05. The van der Waals surface area contributed by atoms with Gasteiger partial charge in [-0.05, 0) is 12.5 Å². The number of hydrogen-bond acceptors (Lipinski definition) is 6. The van der Waals surface area contributed by atoms with Crippen LogP contribution in [-0.2, 0) is 9.59 Å². The zero-order valence-electron chi connectivity index (χ0n) is 10.1. The van der Waals surface area contributed by atoms with E-state index in [4.69, 9.17) is 10.8 Å². The Hall–Kier alpha value is -2.91. The molecule has 10 heteroatoms. The third-order valence-corrected chi connectivity index (χ3v) is 2.28. The van der Waals surface area contributed by atoms with Gasteiger partial charge < -0.3 is 20.6 Å². The van der Waals surface area contributed by atoms with E-state index in [1.54, 1.807) is 0 Å². The van der Waals surface area contributed by atoms with Crippen molar-refractivity contribution in [1.29, 1.82) is 0 Å². The number of nitrogens with zero attached hydrogens (tertiary/aromatic N) is 1. The third-order valence-electron chi connectivity index (χ3n) is 2.28. The topological polar surface area (TPSA) is 166 Å². The smallest absolute Gasteiger partial charge is 0.433 e. The number of rotatable bonds is 7. The summed E-state index contributed by atoms with van der Waals surface area (Å²) in [5.41, 5.74) is 4.88. The van der Waals surface area contributed by atoms with Crippen LogP contribution in [0.3, 0.4) is 0 Å². The van der Waals surface area contributed by atoms with Gasteiger partial charge in [-0.15, -0.1) is 0 Å². The Morgan fingerprint density at radius 3 is 2.55 bits per heavy atom. The number of primary amides is 1. The average molecular weight is 285 g/mol. The number of carbonyl (C=O) groups excluding carboxylic acids is 2. The maximum atomic E-state index is 11.6. The van der Waals surface area contributed by atoms with Crippen molar-refractivity contribution in [3.05, 3.63) is 28.0 Å². The lowest BCUT2D eigenvalue weighted by Gasteiger charge is -2.12. The number of aliphatic carboxylic acids is 1. The van der Waals surface area contributed by atoms with Crippen LogP contribution in [-0.4, -0.2) is 33.9 Å². The van der Waals surface area contributed by atoms with E-state index in [1.807, 2.05) is 0 Å². The van der Waals surface area contributed by atoms with Gasteiger partial charge in [-0.25, -0.2) is 4.79 Å². The van der Waals surface area contributed by atoms with Gasteiger partial charge in [0.1, 0.15) is 11.0 Å². The largest absolute Gasteiger partial charge is 0.480 e. The second-order valence-corrected chi connectivity index (χ2v) is 3.76. The van der Waals surface area contributed by atoms with Gasteiger partial charge in [-0.3, -0.25) is 19.7 Å². The Morgan fingerprint density at radius 1 is 1.45 bits per heavy atom. The van der Waals surface area contributed by atoms with Crippen molar-refractivity contribution in [2.75, 3.05) is 0 Å². The number of nitrogens with two attached hydrogens (primary N) is 1. The predicted octanol–water partition coefficient (Wildman–Crippen LogP) is -0.364. The quantitative estimate of drug-likeness (QED) is 0.454. The lowest BCUT2D eigenvalue weighted by Crippen LogP contribution is -2.41. The molecule has 1 aromatic heterocycles.